The normalized spacial score (nSPS) is 11.0. The summed E-state index contributed by atoms with van der Waals surface area (Å²) in [5.74, 6) is 1.88. The van der Waals surface area contributed by atoms with Crippen LogP contribution in [0, 0.1) is 13.8 Å². The van der Waals surface area contributed by atoms with Gasteiger partial charge in [-0.3, -0.25) is 0 Å². The van der Waals surface area contributed by atoms with Crippen LogP contribution in [0.1, 0.15) is 42.3 Å². The van der Waals surface area contributed by atoms with Gasteiger partial charge in [0.15, 0.2) is 0 Å². The van der Waals surface area contributed by atoms with E-state index >= 15 is 0 Å². The Morgan fingerprint density at radius 1 is 1.19 bits per heavy atom. The molecule has 3 nitrogen and oxygen atoms in total. The molecule has 1 aromatic heterocycles. The fraction of sp³-hybridized carbons (Fsp3) is 0.412. The van der Waals surface area contributed by atoms with E-state index in [1.807, 2.05) is 6.92 Å². The Hall–Kier alpha value is -1.61. The standard InChI is InChI=1S/C17H22ClN3/c1-11(2)16-20-15(18)13(4)17(21-16)19-9-8-14-7-5-6-12(3)10-14/h5-7,10-11H,8-9H2,1-4H3,(H,19,20,21). The van der Waals surface area contributed by atoms with Crippen molar-refractivity contribution in [2.24, 2.45) is 0 Å². The average molecular weight is 304 g/mol. The Bertz CT molecular complexity index is 623. The van der Waals surface area contributed by atoms with Crippen LogP contribution in [-0.4, -0.2) is 16.5 Å². The average Bonchev–Trinajstić information content (AvgIpc) is 2.43. The molecule has 2 rings (SSSR count). The van der Waals surface area contributed by atoms with E-state index in [2.05, 4.69) is 60.3 Å². The van der Waals surface area contributed by atoms with Gasteiger partial charge in [0, 0.05) is 18.0 Å². The summed E-state index contributed by atoms with van der Waals surface area (Å²) in [6.45, 7) is 9.02. The summed E-state index contributed by atoms with van der Waals surface area (Å²) in [7, 11) is 0. The monoisotopic (exact) mass is 303 g/mol. The zero-order valence-corrected chi connectivity index (χ0v) is 13.8. The molecule has 0 amide bonds. The lowest BCUT2D eigenvalue weighted by Crippen LogP contribution is -2.11. The van der Waals surface area contributed by atoms with Gasteiger partial charge in [0.05, 0.1) is 0 Å². The molecule has 0 radical (unpaired) electrons. The smallest absolute Gasteiger partial charge is 0.137 e. The topological polar surface area (TPSA) is 37.8 Å². The third kappa shape index (κ3) is 4.18. The lowest BCUT2D eigenvalue weighted by molar-refractivity contribution is 0.771. The van der Waals surface area contributed by atoms with E-state index < -0.39 is 0 Å². The number of nitrogens with one attached hydrogen (secondary N) is 1. The minimum atomic E-state index is 0.264. The highest BCUT2D eigenvalue weighted by Crippen LogP contribution is 2.22. The van der Waals surface area contributed by atoms with Gasteiger partial charge in [-0.2, -0.15) is 0 Å². The molecule has 0 atom stereocenters. The number of hydrogen-bond donors (Lipinski definition) is 1. The van der Waals surface area contributed by atoms with Crippen LogP contribution in [0.3, 0.4) is 0 Å². The maximum atomic E-state index is 6.19. The Balaban J connectivity index is 2.06. The van der Waals surface area contributed by atoms with Crippen LogP contribution in [0.15, 0.2) is 24.3 Å². The Morgan fingerprint density at radius 3 is 2.62 bits per heavy atom. The molecule has 4 heteroatoms. The molecule has 0 aliphatic carbocycles. The number of benzene rings is 1. The number of hydrogen-bond acceptors (Lipinski definition) is 3. The fourth-order valence-electron chi connectivity index (χ4n) is 2.13. The van der Waals surface area contributed by atoms with Gasteiger partial charge in [-0.25, -0.2) is 9.97 Å². The first-order chi connectivity index (χ1) is 9.97. The summed E-state index contributed by atoms with van der Waals surface area (Å²) >= 11 is 6.19. The molecule has 0 saturated heterocycles. The van der Waals surface area contributed by atoms with Crippen molar-refractivity contribution in [3.8, 4) is 0 Å². The van der Waals surface area contributed by atoms with Crippen molar-refractivity contribution >= 4 is 17.4 Å². The molecule has 112 valence electrons. The predicted octanol–water partition coefficient (Wildman–Crippen LogP) is 4.52. The van der Waals surface area contributed by atoms with E-state index in [-0.39, 0.29) is 5.92 Å². The zero-order chi connectivity index (χ0) is 15.4. The van der Waals surface area contributed by atoms with Crippen LogP contribution in [0.2, 0.25) is 5.15 Å². The lowest BCUT2D eigenvalue weighted by atomic mass is 10.1. The van der Waals surface area contributed by atoms with E-state index in [9.17, 15) is 0 Å². The van der Waals surface area contributed by atoms with Crippen LogP contribution in [-0.2, 0) is 6.42 Å². The van der Waals surface area contributed by atoms with Crippen molar-refractivity contribution < 1.29 is 0 Å². The highest BCUT2D eigenvalue weighted by molar-refractivity contribution is 6.30. The SMILES string of the molecule is Cc1cccc(CCNc2nc(C(C)C)nc(Cl)c2C)c1. The summed E-state index contributed by atoms with van der Waals surface area (Å²) < 4.78 is 0. The van der Waals surface area contributed by atoms with Crippen LogP contribution in [0.25, 0.3) is 0 Å². The van der Waals surface area contributed by atoms with Crippen molar-refractivity contribution in [1.82, 2.24) is 9.97 Å². The maximum Gasteiger partial charge on any atom is 0.137 e. The molecule has 0 spiro atoms. The number of anilines is 1. The number of aryl methyl sites for hydroxylation is 1. The summed E-state index contributed by atoms with van der Waals surface area (Å²) in [4.78, 5) is 8.90. The van der Waals surface area contributed by atoms with E-state index in [4.69, 9.17) is 11.6 Å². The summed E-state index contributed by atoms with van der Waals surface area (Å²) in [6, 6.07) is 8.56. The molecule has 2 aromatic rings. The van der Waals surface area contributed by atoms with Gasteiger partial charge >= 0.3 is 0 Å². The van der Waals surface area contributed by atoms with E-state index in [1.54, 1.807) is 0 Å². The second kappa shape index (κ2) is 6.90. The van der Waals surface area contributed by atoms with Gasteiger partial charge in [0.25, 0.3) is 0 Å². The predicted molar refractivity (Wildman–Crippen MR) is 89.2 cm³/mol. The van der Waals surface area contributed by atoms with Crippen molar-refractivity contribution in [3.05, 3.63) is 51.9 Å². The third-order valence-corrected chi connectivity index (χ3v) is 3.78. The minimum Gasteiger partial charge on any atom is -0.369 e. The molecule has 0 aliphatic heterocycles. The molecule has 1 aromatic carbocycles. The maximum absolute atomic E-state index is 6.19. The summed E-state index contributed by atoms with van der Waals surface area (Å²) in [5, 5.41) is 3.92. The molecule has 1 heterocycles. The highest BCUT2D eigenvalue weighted by atomic mass is 35.5. The second-order valence-electron chi connectivity index (χ2n) is 5.67. The molecule has 0 aliphatic rings. The first-order valence-electron chi connectivity index (χ1n) is 7.31. The molecule has 0 fully saturated rings. The second-order valence-corrected chi connectivity index (χ2v) is 6.02. The van der Waals surface area contributed by atoms with Gasteiger partial charge in [0.2, 0.25) is 0 Å². The van der Waals surface area contributed by atoms with Gasteiger partial charge in [-0.1, -0.05) is 55.3 Å². The van der Waals surface area contributed by atoms with Crippen LogP contribution >= 0.6 is 11.6 Å². The van der Waals surface area contributed by atoms with Gasteiger partial charge in [0.1, 0.15) is 16.8 Å². The molecule has 0 unspecified atom stereocenters. The fourth-order valence-corrected chi connectivity index (χ4v) is 2.30. The molecule has 21 heavy (non-hydrogen) atoms. The van der Waals surface area contributed by atoms with Crippen LogP contribution in [0.5, 0.6) is 0 Å². The zero-order valence-electron chi connectivity index (χ0n) is 13.1. The Kier molecular flexibility index (Phi) is 5.18. The largest absolute Gasteiger partial charge is 0.369 e. The molecule has 0 saturated carbocycles. The first kappa shape index (κ1) is 15.8. The molecule has 0 bridgehead atoms. The Morgan fingerprint density at radius 2 is 1.95 bits per heavy atom. The molecule has 1 N–H and O–H groups in total. The lowest BCUT2D eigenvalue weighted by Gasteiger charge is -2.13. The number of nitrogens with zero attached hydrogens (tertiary/aromatic N) is 2. The molecular formula is C17H22ClN3. The number of halogens is 1. The number of aromatic nitrogens is 2. The quantitative estimate of drug-likeness (QED) is 0.825. The minimum absolute atomic E-state index is 0.264. The van der Waals surface area contributed by atoms with Crippen molar-refractivity contribution in [1.29, 1.82) is 0 Å². The summed E-state index contributed by atoms with van der Waals surface area (Å²) in [6.07, 6.45) is 0.958. The van der Waals surface area contributed by atoms with Crippen molar-refractivity contribution in [3.63, 3.8) is 0 Å². The Labute approximate surface area is 131 Å². The van der Waals surface area contributed by atoms with E-state index in [0.29, 0.717) is 5.15 Å². The highest BCUT2D eigenvalue weighted by Gasteiger charge is 2.11. The summed E-state index contributed by atoms with van der Waals surface area (Å²) in [5.41, 5.74) is 3.52. The van der Waals surface area contributed by atoms with E-state index in [0.717, 1.165) is 30.2 Å². The molecular weight excluding hydrogens is 282 g/mol. The van der Waals surface area contributed by atoms with Crippen molar-refractivity contribution in [2.75, 3.05) is 11.9 Å². The van der Waals surface area contributed by atoms with Crippen LogP contribution in [0.4, 0.5) is 5.82 Å². The van der Waals surface area contributed by atoms with Gasteiger partial charge in [-0.05, 0) is 25.8 Å². The van der Waals surface area contributed by atoms with Crippen LogP contribution < -0.4 is 5.32 Å². The van der Waals surface area contributed by atoms with Gasteiger partial charge < -0.3 is 5.32 Å². The number of rotatable bonds is 5. The third-order valence-electron chi connectivity index (χ3n) is 3.41. The van der Waals surface area contributed by atoms with Crippen molar-refractivity contribution in [2.45, 2.75) is 40.0 Å². The van der Waals surface area contributed by atoms with E-state index in [1.165, 1.54) is 11.1 Å². The van der Waals surface area contributed by atoms with Gasteiger partial charge in [-0.15, -0.1) is 0 Å². The first-order valence-corrected chi connectivity index (χ1v) is 7.68.